The molecule has 0 radical (unpaired) electrons. The number of benzene rings is 2. The molecule has 0 aliphatic carbocycles. The zero-order valence-corrected chi connectivity index (χ0v) is 18.7. The van der Waals surface area contributed by atoms with Crippen molar-refractivity contribution in [1.29, 1.82) is 0 Å². The molecule has 2 amide bonds. The van der Waals surface area contributed by atoms with E-state index >= 15 is 0 Å². The number of anilines is 2. The van der Waals surface area contributed by atoms with E-state index in [-0.39, 0.29) is 17.1 Å². The second-order valence-electron chi connectivity index (χ2n) is 6.05. The fourth-order valence-electron chi connectivity index (χ4n) is 2.36. The number of nitrogens with zero attached hydrogens (tertiary/aromatic N) is 2. The monoisotopic (exact) mass is 462 g/mol. The van der Waals surface area contributed by atoms with E-state index in [9.17, 15) is 14.0 Å². The van der Waals surface area contributed by atoms with Gasteiger partial charge in [0, 0.05) is 27.7 Å². The Hall–Kier alpha value is -2.43. The molecule has 1 unspecified atom stereocenters. The van der Waals surface area contributed by atoms with Gasteiger partial charge in [0.1, 0.15) is 5.82 Å². The third-order valence-corrected chi connectivity index (χ3v) is 6.36. The minimum Gasteiger partial charge on any atom is -0.322 e. The second-order valence-corrected chi connectivity index (χ2v) is 9.45. The first kappa shape index (κ1) is 22.3. The van der Waals surface area contributed by atoms with Crippen molar-refractivity contribution in [3.8, 4) is 0 Å². The normalized spacial score (nSPS) is 11.7. The Kier molecular flexibility index (Phi) is 7.83. The van der Waals surface area contributed by atoms with Gasteiger partial charge in [0.25, 0.3) is 5.91 Å². The minimum absolute atomic E-state index is 0.176. The highest BCUT2D eigenvalue weighted by Gasteiger charge is 2.17. The van der Waals surface area contributed by atoms with Crippen LogP contribution < -0.4 is 10.6 Å². The van der Waals surface area contributed by atoms with E-state index < -0.39 is 5.82 Å². The van der Waals surface area contributed by atoms with E-state index in [4.69, 9.17) is 0 Å². The molecule has 30 heavy (non-hydrogen) atoms. The first-order valence-corrected chi connectivity index (χ1v) is 11.7. The zero-order chi connectivity index (χ0) is 21.5. The van der Waals surface area contributed by atoms with E-state index in [0.29, 0.717) is 21.5 Å². The van der Waals surface area contributed by atoms with Crippen molar-refractivity contribution in [2.45, 2.75) is 29.1 Å². The summed E-state index contributed by atoms with van der Waals surface area (Å²) in [6.07, 6.45) is 0. The quantitative estimate of drug-likeness (QED) is 0.450. The molecule has 1 aromatic heterocycles. The van der Waals surface area contributed by atoms with E-state index in [1.165, 1.54) is 47.8 Å². The standard InChI is InChI=1S/C20H19FN4O2S3/c1-3-28-20-24-19(30-25-20)23-17(26)12(2)29-16-6-4-5-15(11-16)22-18(27)13-7-9-14(21)10-8-13/h4-12H,3H2,1-2H3,(H,22,27)(H,23,24,25,26). The minimum atomic E-state index is -0.397. The van der Waals surface area contributed by atoms with Gasteiger partial charge in [0.05, 0.1) is 5.25 Å². The Morgan fingerprint density at radius 1 is 1.17 bits per heavy atom. The van der Waals surface area contributed by atoms with Gasteiger partial charge < -0.3 is 5.32 Å². The average Bonchev–Trinajstić information content (AvgIpc) is 3.16. The molecule has 1 heterocycles. The molecule has 3 aromatic rings. The SMILES string of the molecule is CCSc1nsc(NC(=O)C(C)Sc2cccc(NC(=O)c3ccc(F)cc3)c2)n1. The van der Waals surface area contributed by atoms with Gasteiger partial charge in [0.15, 0.2) is 0 Å². The summed E-state index contributed by atoms with van der Waals surface area (Å²) in [7, 11) is 0. The topological polar surface area (TPSA) is 84.0 Å². The lowest BCUT2D eigenvalue weighted by Crippen LogP contribution is -2.22. The molecule has 6 nitrogen and oxygen atoms in total. The zero-order valence-electron chi connectivity index (χ0n) is 16.2. The van der Waals surface area contributed by atoms with Crippen LogP contribution in [-0.4, -0.2) is 32.2 Å². The second kappa shape index (κ2) is 10.6. The number of carbonyl (C=O) groups excluding carboxylic acids is 2. The maximum Gasteiger partial charge on any atom is 0.255 e. The number of hydrogen-bond donors (Lipinski definition) is 2. The highest BCUT2D eigenvalue weighted by atomic mass is 32.2. The number of aromatic nitrogens is 2. The molecule has 0 aliphatic heterocycles. The maximum atomic E-state index is 13.0. The number of hydrogen-bond acceptors (Lipinski definition) is 7. The van der Waals surface area contributed by atoms with Gasteiger partial charge in [-0.25, -0.2) is 4.39 Å². The Balaban J connectivity index is 1.58. The van der Waals surface area contributed by atoms with Crippen LogP contribution in [0.25, 0.3) is 0 Å². The first-order valence-electron chi connectivity index (χ1n) is 9.05. The van der Waals surface area contributed by atoms with E-state index in [2.05, 4.69) is 20.0 Å². The van der Waals surface area contributed by atoms with E-state index in [0.717, 1.165) is 22.2 Å². The van der Waals surface area contributed by atoms with Gasteiger partial charge in [-0.2, -0.15) is 9.36 Å². The van der Waals surface area contributed by atoms with Crippen molar-refractivity contribution in [2.75, 3.05) is 16.4 Å². The lowest BCUT2D eigenvalue weighted by Gasteiger charge is -2.12. The number of amides is 2. The fourth-order valence-corrected chi connectivity index (χ4v) is 4.56. The molecule has 0 saturated heterocycles. The van der Waals surface area contributed by atoms with Crippen molar-refractivity contribution in [3.05, 3.63) is 59.9 Å². The van der Waals surface area contributed by atoms with Crippen molar-refractivity contribution < 1.29 is 14.0 Å². The van der Waals surface area contributed by atoms with Gasteiger partial charge in [-0.1, -0.05) is 24.8 Å². The lowest BCUT2D eigenvalue weighted by molar-refractivity contribution is -0.115. The molecular weight excluding hydrogens is 443 g/mol. The number of rotatable bonds is 8. The molecule has 3 rings (SSSR count). The van der Waals surface area contributed by atoms with Crippen LogP contribution in [0.5, 0.6) is 0 Å². The average molecular weight is 463 g/mol. The molecule has 1 atom stereocenters. The molecule has 10 heteroatoms. The Morgan fingerprint density at radius 3 is 2.67 bits per heavy atom. The molecule has 2 N–H and O–H groups in total. The summed E-state index contributed by atoms with van der Waals surface area (Å²) in [5.74, 6) is -0.0410. The molecule has 2 aromatic carbocycles. The lowest BCUT2D eigenvalue weighted by atomic mass is 10.2. The largest absolute Gasteiger partial charge is 0.322 e. The third kappa shape index (κ3) is 6.28. The maximum absolute atomic E-state index is 13.0. The van der Waals surface area contributed by atoms with E-state index in [1.54, 1.807) is 25.1 Å². The Labute approximate surface area is 186 Å². The Bertz CT molecular complexity index is 1030. The predicted molar refractivity (Wildman–Crippen MR) is 121 cm³/mol. The summed E-state index contributed by atoms with van der Waals surface area (Å²) in [6, 6.07) is 12.5. The molecule has 0 spiro atoms. The fraction of sp³-hybridized carbons (Fsp3) is 0.200. The highest BCUT2D eigenvalue weighted by molar-refractivity contribution is 8.00. The van der Waals surface area contributed by atoms with Crippen molar-refractivity contribution in [1.82, 2.24) is 9.36 Å². The first-order chi connectivity index (χ1) is 14.4. The van der Waals surface area contributed by atoms with Crippen LogP contribution in [0.1, 0.15) is 24.2 Å². The molecule has 0 bridgehead atoms. The number of halogens is 1. The summed E-state index contributed by atoms with van der Waals surface area (Å²) in [4.78, 5) is 29.9. The summed E-state index contributed by atoms with van der Waals surface area (Å²) in [5, 5.41) is 6.32. The smallest absolute Gasteiger partial charge is 0.255 e. The summed E-state index contributed by atoms with van der Waals surface area (Å²) >= 11 is 4.04. The van der Waals surface area contributed by atoms with Crippen LogP contribution >= 0.6 is 35.1 Å². The predicted octanol–water partition coefficient (Wildman–Crippen LogP) is 5.16. The molecule has 0 saturated carbocycles. The van der Waals surface area contributed by atoms with Crippen molar-refractivity contribution >= 4 is 57.7 Å². The van der Waals surface area contributed by atoms with Crippen LogP contribution in [-0.2, 0) is 4.79 Å². The molecule has 0 fully saturated rings. The van der Waals surface area contributed by atoms with Crippen LogP contribution in [0, 0.1) is 5.82 Å². The van der Waals surface area contributed by atoms with Crippen molar-refractivity contribution in [2.24, 2.45) is 0 Å². The number of nitrogens with one attached hydrogen (secondary N) is 2. The van der Waals surface area contributed by atoms with E-state index in [1.807, 2.05) is 13.0 Å². The highest BCUT2D eigenvalue weighted by Crippen LogP contribution is 2.27. The number of thioether (sulfide) groups is 2. The van der Waals surface area contributed by atoms with Crippen LogP contribution in [0.15, 0.2) is 58.6 Å². The summed E-state index contributed by atoms with van der Waals surface area (Å²) in [5.41, 5.74) is 0.951. The molecular formula is C20H19FN4O2S3. The summed E-state index contributed by atoms with van der Waals surface area (Å²) < 4.78 is 17.2. The van der Waals surface area contributed by atoms with Crippen LogP contribution in [0.3, 0.4) is 0 Å². The van der Waals surface area contributed by atoms with Gasteiger partial charge in [-0.15, -0.1) is 11.8 Å². The van der Waals surface area contributed by atoms with Crippen LogP contribution in [0.4, 0.5) is 15.2 Å². The van der Waals surface area contributed by atoms with Gasteiger partial charge >= 0.3 is 0 Å². The summed E-state index contributed by atoms with van der Waals surface area (Å²) in [6.45, 7) is 3.81. The Morgan fingerprint density at radius 2 is 1.93 bits per heavy atom. The van der Waals surface area contributed by atoms with Gasteiger partial charge in [-0.3, -0.25) is 14.9 Å². The number of carbonyl (C=O) groups is 2. The van der Waals surface area contributed by atoms with Crippen molar-refractivity contribution in [3.63, 3.8) is 0 Å². The van der Waals surface area contributed by atoms with Gasteiger partial charge in [-0.05, 0) is 55.1 Å². The van der Waals surface area contributed by atoms with Gasteiger partial charge in [0.2, 0.25) is 16.2 Å². The molecule has 0 aliphatic rings. The van der Waals surface area contributed by atoms with Crippen LogP contribution in [0.2, 0.25) is 0 Å². The molecule has 156 valence electrons. The third-order valence-electron chi connectivity index (χ3n) is 3.79.